The Hall–Kier alpha value is -2.53. The fraction of sp³-hybridized carbons (Fsp3) is 0.300. The minimum atomic E-state index is -0.245. The van der Waals surface area contributed by atoms with Crippen LogP contribution in [0.4, 0.5) is 5.69 Å². The first-order valence-electron chi connectivity index (χ1n) is 8.38. The van der Waals surface area contributed by atoms with Crippen LogP contribution < -0.4 is 15.0 Å². The summed E-state index contributed by atoms with van der Waals surface area (Å²) in [7, 11) is 0. The molecule has 0 aliphatic carbocycles. The van der Waals surface area contributed by atoms with Gasteiger partial charge in [-0.1, -0.05) is 29.8 Å². The lowest BCUT2D eigenvalue weighted by Crippen LogP contribution is -2.39. The maximum atomic E-state index is 12.0. The van der Waals surface area contributed by atoms with Gasteiger partial charge in [0.25, 0.3) is 5.91 Å². The maximum Gasteiger partial charge on any atom is 0.258 e. The predicted molar refractivity (Wildman–Crippen MR) is 104 cm³/mol. The zero-order valence-corrected chi connectivity index (χ0v) is 16.0. The Morgan fingerprint density at radius 1 is 1.08 bits per heavy atom. The molecule has 0 aliphatic heterocycles. The molecule has 5 nitrogen and oxygen atoms in total. The molecule has 0 radical (unpaired) electrons. The van der Waals surface area contributed by atoms with Crippen LogP contribution in [0.2, 0.25) is 5.02 Å². The molecule has 2 aromatic carbocycles. The van der Waals surface area contributed by atoms with Crippen LogP contribution in [0, 0.1) is 13.8 Å². The van der Waals surface area contributed by atoms with Gasteiger partial charge in [0, 0.05) is 30.7 Å². The third kappa shape index (κ3) is 5.49. The highest BCUT2D eigenvalue weighted by atomic mass is 35.5. The number of carbonyl (C=O) groups excluding carboxylic acids is 2. The van der Waals surface area contributed by atoms with Gasteiger partial charge in [-0.05, 0) is 49.2 Å². The Labute approximate surface area is 158 Å². The van der Waals surface area contributed by atoms with E-state index < -0.39 is 0 Å². The first-order chi connectivity index (χ1) is 12.4. The Morgan fingerprint density at radius 3 is 2.27 bits per heavy atom. The van der Waals surface area contributed by atoms with E-state index in [1.54, 1.807) is 29.2 Å². The fourth-order valence-electron chi connectivity index (χ4n) is 2.70. The molecule has 26 heavy (non-hydrogen) atoms. The molecule has 2 aromatic rings. The number of aryl methyl sites for hydroxylation is 2. The SMILES string of the molecule is CC(=O)N(CCNC(=O)COc1ccc(Cl)cc1)c1c(C)cccc1C. The highest BCUT2D eigenvalue weighted by Gasteiger charge is 2.16. The van der Waals surface area contributed by atoms with E-state index in [2.05, 4.69) is 5.32 Å². The van der Waals surface area contributed by atoms with Crippen molar-refractivity contribution in [3.8, 4) is 5.75 Å². The monoisotopic (exact) mass is 374 g/mol. The second-order valence-electron chi connectivity index (χ2n) is 6.00. The van der Waals surface area contributed by atoms with Crippen LogP contribution in [0.25, 0.3) is 0 Å². The fourth-order valence-corrected chi connectivity index (χ4v) is 2.82. The molecule has 2 rings (SSSR count). The molecule has 0 unspecified atom stereocenters. The number of hydrogen-bond donors (Lipinski definition) is 1. The van der Waals surface area contributed by atoms with Crippen LogP contribution in [0.1, 0.15) is 18.1 Å². The van der Waals surface area contributed by atoms with Gasteiger partial charge in [0.15, 0.2) is 6.61 Å². The predicted octanol–water partition coefficient (Wildman–Crippen LogP) is 3.50. The highest BCUT2D eigenvalue weighted by molar-refractivity contribution is 6.30. The Kier molecular flexibility index (Phi) is 7.04. The molecule has 0 heterocycles. The molecule has 2 amide bonds. The molecule has 0 fully saturated rings. The lowest BCUT2D eigenvalue weighted by Gasteiger charge is -2.25. The van der Waals surface area contributed by atoms with Crippen LogP contribution in [-0.4, -0.2) is 31.5 Å². The van der Waals surface area contributed by atoms with Crippen molar-refractivity contribution in [2.75, 3.05) is 24.6 Å². The van der Waals surface area contributed by atoms with Crippen LogP contribution in [0.15, 0.2) is 42.5 Å². The molecule has 1 N–H and O–H groups in total. The number of anilines is 1. The van der Waals surface area contributed by atoms with Gasteiger partial charge in [-0.2, -0.15) is 0 Å². The Balaban J connectivity index is 1.87. The molecule has 0 saturated carbocycles. The lowest BCUT2D eigenvalue weighted by atomic mass is 10.1. The van der Waals surface area contributed by atoms with Crippen molar-refractivity contribution >= 4 is 29.1 Å². The van der Waals surface area contributed by atoms with Crippen molar-refractivity contribution in [3.05, 3.63) is 58.6 Å². The van der Waals surface area contributed by atoms with Gasteiger partial charge in [-0.15, -0.1) is 0 Å². The van der Waals surface area contributed by atoms with E-state index >= 15 is 0 Å². The third-order valence-corrected chi connectivity index (χ3v) is 4.18. The number of rotatable bonds is 7. The minimum absolute atomic E-state index is 0.0611. The standard InChI is InChI=1S/C20H23ClN2O3/c1-14-5-4-6-15(2)20(14)23(16(3)24)12-11-22-19(25)13-26-18-9-7-17(21)8-10-18/h4-10H,11-13H2,1-3H3,(H,22,25). The Bertz CT molecular complexity index is 755. The largest absolute Gasteiger partial charge is 0.484 e. The van der Waals surface area contributed by atoms with Gasteiger partial charge in [0.2, 0.25) is 5.91 Å². The topological polar surface area (TPSA) is 58.6 Å². The van der Waals surface area contributed by atoms with Crippen molar-refractivity contribution in [2.45, 2.75) is 20.8 Å². The Morgan fingerprint density at radius 2 is 1.69 bits per heavy atom. The number of halogens is 1. The first kappa shape index (κ1) is 19.8. The van der Waals surface area contributed by atoms with Crippen molar-refractivity contribution < 1.29 is 14.3 Å². The quantitative estimate of drug-likeness (QED) is 0.806. The summed E-state index contributed by atoms with van der Waals surface area (Å²) >= 11 is 5.80. The van der Waals surface area contributed by atoms with Gasteiger partial charge in [-0.3, -0.25) is 9.59 Å². The van der Waals surface area contributed by atoms with E-state index in [1.807, 2.05) is 32.0 Å². The minimum Gasteiger partial charge on any atom is -0.484 e. The number of amides is 2. The second-order valence-corrected chi connectivity index (χ2v) is 6.44. The van der Waals surface area contributed by atoms with E-state index in [0.29, 0.717) is 23.9 Å². The summed E-state index contributed by atoms with van der Waals surface area (Å²) < 4.78 is 5.40. The van der Waals surface area contributed by atoms with Crippen molar-refractivity contribution in [2.24, 2.45) is 0 Å². The average Bonchev–Trinajstić information content (AvgIpc) is 2.59. The molecular weight excluding hydrogens is 352 g/mol. The van der Waals surface area contributed by atoms with Crippen LogP contribution in [0.3, 0.4) is 0 Å². The zero-order valence-electron chi connectivity index (χ0n) is 15.2. The molecule has 138 valence electrons. The maximum absolute atomic E-state index is 12.0. The van der Waals surface area contributed by atoms with Crippen LogP contribution in [0.5, 0.6) is 5.75 Å². The number of para-hydroxylation sites is 1. The van der Waals surface area contributed by atoms with E-state index in [4.69, 9.17) is 16.3 Å². The average molecular weight is 375 g/mol. The smallest absolute Gasteiger partial charge is 0.258 e. The van der Waals surface area contributed by atoms with Gasteiger partial charge < -0.3 is 15.0 Å². The number of benzene rings is 2. The highest BCUT2D eigenvalue weighted by Crippen LogP contribution is 2.24. The molecule has 0 aromatic heterocycles. The van der Waals surface area contributed by atoms with E-state index in [9.17, 15) is 9.59 Å². The van der Waals surface area contributed by atoms with Gasteiger partial charge in [0.05, 0.1) is 0 Å². The zero-order chi connectivity index (χ0) is 19.1. The molecule has 0 bridgehead atoms. The summed E-state index contributed by atoms with van der Waals surface area (Å²) in [5, 5.41) is 3.38. The molecule has 0 saturated heterocycles. The summed E-state index contributed by atoms with van der Waals surface area (Å²) in [6.07, 6.45) is 0. The third-order valence-electron chi connectivity index (χ3n) is 3.93. The molecule has 0 spiro atoms. The van der Waals surface area contributed by atoms with Crippen LogP contribution in [-0.2, 0) is 9.59 Å². The summed E-state index contributed by atoms with van der Waals surface area (Å²) in [6.45, 7) is 6.11. The second kappa shape index (κ2) is 9.25. The summed E-state index contributed by atoms with van der Waals surface area (Å²) in [6, 6.07) is 12.7. The van der Waals surface area contributed by atoms with Gasteiger partial charge in [-0.25, -0.2) is 0 Å². The van der Waals surface area contributed by atoms with Crippen molar-refractivity contribution in [1.82, 2.24) is 5.32 Å². The lowest BCUT2D eigenvalue weighted by molar-refractivity contribution is -0.123. The molecule has 6 heteroatoms. The summed E-state index contributed by atoms with van der Waals surface area (Å²) in [5.41, 5.74) is 2.95. The normalized spacial score (nSPS) is 10.3. The molecular formula is C20H23ClN2O3. The summed E-state index contributed by atoms with van der Waals surface area (Å²) in [4.78, 5) is 25.7. The van der Waals surface area contributed by atoms with Gasteiger partial charge >= 0.3 is 0 Å². The van der Waals surface area contributed by atoms with E-state index in [1.165, 1.54) is 6.92 Å². The van der Waals surface area contributed by atoms with Gasteiger partial charge in [0.1, 0.15) is 5.75 Å². The van der Waals surface area contributed by atoms with Crippen molar-refractivity contribution in [1.29, 1.82) is 0 Å². The number of nitrogens with zero attached hydrogens (tertiary/aromatic N) is 1. The van der Waals surface area contributed by atoms with Crippen LogP contribution >= 0.6 is 11.6 Å². The number of nitrogens with one attached hydrogen (secondary N) is 1. The first-order valence-corrected chi connectivity index (χ1v) is 8.75. The number of carbonyl (C=O) groups is 2. The van der Waals surface area contributed by atoms with E-state index in [0.717, 1.165) is 16.8 Å². The number of ether oxygens (including phenoxy) is 1. The van der Waals surface area contributed by atoms with Crippen molar-refractivity contribution in [3.63, 3.8) is 0 Å². The molecule has 0 aliphatic rings. The molecule has 0 atom stereocenters. The number of hydrogen-bond acceptors (Lipinski definition) is 3. The van der Waals surface area contributed by atoms with E-state index in [-0.39, 0.29) is 18.4 Å². The summed E-state index contributed by atoms with van der Waals surface area (Å²) in [5.74, 6) is 0.268.